The quantitative estimate of drug-likeness (QED) is 0.159. The molecule has 0 bridgehead atoms. The van der Waals surface area contributed by atoms with Gasteiger partial charge in [0.05, 0.1) is 16.9 Å². The maximum Gasteiger partial charge on any atom is 0.252 e. The van der Waals surface area contributed by atoms with Gasteiger partial charge in [-0.25, -0.2) is 0 Å². The van der Waals surface area contributed by atoms with Crippen molar-refractivity contribution in [1.82, 2.24) is 0 Å². The Morgan fingerprint density at radius 3 is 1.59 bits per heavy atom. The van der Waals surface area contributed by atoms with Crippen LogP contribution in [-0.4, -0.2) is 12.3 Å². The summed E-state index contributed by atoms with van der Waals surface area (Å²) in [6.07, 6.45) is 4.75. The van der Waals surface area contributed by atoms with E-state index in [4.69, 9.17) is 0 Å². The van der Waals surface area contributed by atoms with Crippen molar-refractivity contribution in [2.75, 3.05) is 14.7 Å². The highest BCUT2D eigenvalue weighted by molar-refractivity contribution is 7.26. The molecule has 2 atom stereocenters. The van der Waals surface area contributed by atoms with Gasteiger partial charge in [-0.3, -0.25) is 0 Å². The molecule has 0 N–H and O–H groups in total. The van der Waals surface area contributed by atoms with E-state index >= 15 is 0 Å². The SMILES string of the molecule is CC(C)(C)c1ccc(N(c2ccc(C(C)(C)C)cc2)c2cc3c4c(c2)N2c5c(cc(C(C)(C)C)cc5C5(C)CCCCC25C)B4c2cc4sc5cc(C(C)(C)C)ccc5c4cc2N3c2ccc(C(C)(C)C)cc2-c2ccccc2)cc1. The topological polar surface area (TPSA) is 9.72 Å². The first-order chi connectivity index (χ1) is 38.0. The van der Waals surface area contributed by atoms with Crippen LogP contribution < -0.4 is 31.1 Å². The van der Waals surface area contributed by atoms with Crippen molar-refractivity contribution in [2.45, 2.75) is 181 Å². The molecule has 1 aliphatic carbocycles. The van der Waals surface area contributed by atoms with Crippen molar-refractivity contribution in [2.24, 2.45) is 0 Å². The van der Waals surface area contributed by atoms with E-state index in [0.29, 0.717) is 0 Å². The van der Waals surface area contributed by atoms with E-state index in [2.05, 4.69) is 284 Å². The van der Waals surface area contributed by atoms with E-state index in [1.165, 1.54) is 123 Å². The summed E-state index contributed by atoms with van der Waals surface area (Å²) in [7, 11) is 0. The predicted molar refractivity (Wildman–Crippen MR) is 355 cm³/mol. The molecule has 81 heavy (non-hydrogen) atoms. The largest absolute Gasteiger partial charge is 0.335 e. The van der Waals surface area contributed by atoms with Crippen LogP contribution in [0.15, 0.2) is 152 Å². The minimum atomic E-state index is -0.168. The Morgan fingerprint density at radius 1 is 0.444 bits per heavy atom. The summed E-state index contributed by atoms with van der Waals surface area (Å²) in [5, 5.41) is 2.65. The number of nitrogens with zero attached hydrogens (tertiary/aromatic N) is 3. The smallest absolute Gasteiger partial charge is 0.252 e. The molecule has 4 aliphatic rings. The molecule has 13 rings (SSSR count). The maximum absolute atomic E-state index is 2.93. The third-order valence-electron chi connectivity index (χ3n) is 19.8. The van der Waals surface area contributed by atoms with E-state index in [0.717, 1.165) is 23.5 Å². The molecule has 2 unspecified atom stereocenters. The van der Waals surface area contributed by atoms with Crippen molar-refractivity contribution >= 4 is 100 Å². The molecule has 0 amide bonds. The van der Waals surface area contributed by atoms with Crippen molar-refractivity contribution in [1.29, 1.82) is 0 Å². The molecule has 3 aliphatic heterocycles. The molecular formula is C76H84BN3S. The van der Waals surface area contributed by atoms with Crippen LogP contribution in [0.2, 0.25) is 0 Å². The second-order valence-corrected chi connectivity index (χ2v) is 31.4. The average molecular weight is 1080 g/mol. The zero-order chi connectivity index (χ0) is 57.3. The summed E-state index contributed by atoms with van der Waals surface area (Å²) in [6, 6.07) is 60.6. The molecule has 8 aromatic carbocycles. The maximum atomic E-state index is 2.93. The lowest BCUT2D eigenvalue weighted by Crippen LogP contribution is -2.64. The Labute approximate surface area is 489 Å². The lowest BCUT2D eigenvalue weighted by Gasteiger charge is -2.53. The third-order valence-corrected chi connectivity index (χ3v) is 20.9. The number of hydrogen-bond donors (Lipinski definition) is 0. The first kappa shape index (κ1) is 53.7. The van der Waals surface area contributed by atoms with Crippen molar-refractivity contribution in [3.8, 4) is 11.1 Å². The van der Waals surface area contributed by atoms with Gasteiger partial charge in [-0.1, -0.05) is 209 Å². The summed E-state index contributed by atoms with van der Waals surface area (Å²) >= 11 is 1.97. The van der Waals surface area contributed by atoms with Gasteiger partial charge in [0, 0.05) is 65.3 Å². The Hall–Kier alpha value is -6.56. The van der Waals surface area contributed by atoms with Crippen LogP contribution in [0.4, 0.5) is 45.5 Å². The van der Waals surface area contributed by atoms with Crippen LogP contribution >= 0.6 is 11.3 Å². The van der Waals surface area contributed by atoms with E-state index in [1.807, 2.05) is 11.3 Å². The lowest BCUT2D eigenvalue weighted by molar-refractivity contribution is 0.195. The van der Waals surface area contributed by atoms with Gasteiger partial charge in [-0.2, -0.15) is 0 Å². The van der Waals surface area contributed by atoms with Gasteiger partial charge in [0.25, 0.3) is 6.71 Å². The van der Waals surface area contributed by atoms with E-state index in [-0.39, 0.29) is 44.7 Å². The summed E-state index contributed by atoms with van der Waals surface area (Å²) in [5.74, 6) is 0. The highest BCUT2D eigenvalue weighted by Crippen LogP contribution is 2.63. The fourth-order valence-electron chi connectivity index (χ4n) is 14.6. The summed E-state index contributed by atoms with van der Waals surface area (Å²) in [6.45, 7) is 40.5. The number of fused-ring (bicyclic) bond motifs is 10. The number of rotatable bonds is 5. The average Bonchev–Trinajstić information content (AvgIpc) is 3.58. The molecule has 4 heterocycles. The minimum Gasteiger partial charge on any atom is -0.335 e. The molecule has 0 spiro atoms. The molecule has 3 nitrogen and oxygen atoms in total. The standard InChI is InChI=1S/C76H84BN3S/c1-70(2,3)48-25-31-53(32-26-48)78(54-33-27-49(28-34-54)71(4,5)6)55-43-64-68-65(44-55)80-69-59(75(16)37-21-22-38-76(75,80)17)40-52(74(13,14)15)41-61(69)77(68)60-46-67-58(56-35-29-51(73(10,11)12)42-66(56)81-67)45-63(60)79(64)62-36-30-50(72(7,8)9)39-57(62)47-23-19-18-20-24-47/h18-20,23-36,39-46H,21-22,37-38H2,1-17H3. The van der Waals surface area contributed by atoms with Gasteiger partial charge < -0.3 is 14.7 Å². The second-order valence-electron chi connectivity index (χ2n) is 30.3. The lowest BCUT2D eigenvalue weighted by atomic mass is 9.33. The fourth-order valence-corrected chi connectivity index (χ4v) is 15.8. The molecular weight excluding hydrogens is 998 g/mol. The zero-order valence-corrected chi connectivity index (χ0v) is 52.4. The first-order valence-corrected chi connectivity index (χ1v) is 31.1. The number of anilines is 8. The summed E-state index contributed by atoms with van der Waals surface area (Å²) in [5.41, 5.74) is 24.7. The van der Waals surface area contributed by atoms with Gasteiger partial charge >= 0.3 is 0 Å². The van der Waals surface area contributed by atoms with E-state index in [9.17, 15) is 0 Å². The van der Waals surface area contributed by atoms with Crippen LogP contribution in [0.5, 0.6) is 0 Å². The van der Waals surface area contributed by atoms with Gasteiger partial charge in [0.1, 0.15) is 0 Å². The van der Waals surface area contributed by atoms with E-state index in [1.54, 1.807) is 5.56 Å². The minimum absolute atomic E-state index is 0.0134. The van der Waals surface area contributed by atoms with Crippen LogP contribution in [0, 0.1) is 0 Å². The Morgan fingerprint density at radius 2 is 0.988 bits per heavy atom. The van der Waals surface area contributed by atoms with Crippen molar-refractivity contribution in [3.63, 3.8) is 0 Å². The molecule has 1 saturated carbocycles. The summed E-state index contributed by atoms with van der Waals surface area (Å²) in [4.78, 5) is 8.23. The number of benzene rings is 8. The van der Waals surface area contributed by atoms with Crippen molar-refractivity contribution in [3.05, 3.63) is 185 Å². The molecule has 1 aromatic heterocycles. The molecule has 1 fully saturated rings. The fraction of sp³-hybridized carbons (Fsp3) is 0.368. The normalized spacial score (nSPS) is 18.8. The predicted octanol–water partition coefficient (Wildman–Crippen LogP) is 20.0. The molecule has 0 radical (unpaired) electrons. The summed E-state index contributed by atoms with van der Waals surface area (Å²) < 4.78 is 2.71. The highest BCUT2D eigenvalue weighted by Gasteiger charge is 2.62. The molecule has 5 heteroatoms. The van der Waals surface area contributed by atoms with Crippen LogP contribution in [0.25, 0.3) is 31.3 Å². The third kappa shape index (κ3) is 8.39. The molecule has 0 saturated heterocycles. The molecule has 9 aromatic rings. The van der Waals surface area contributed by atoms with E-state index < -0.39 is 0 Å². The van der Waals surface area contributed by atoms with Crippen LogP contribution in [0.3, 0.4) is 0 Å². The Balaban J connectivity index is 1.20. The molecule has 412 valence electrons. The van der Waals surface area contributed by atoms with Crippen LogP contribution in [0.1, 0.15) is 177 Å². The van der Waals surface area contributed by atoms with Gasteiger partial charge in [0.2, 0.25) is 0 Å². The Kier molecular flexibility index (Phi) is 11.9. The van der Waals surface area contributed by atoms with Gasteiger partial charge in [-0.15, -0.1) is 11.3 Å². The number of hydrogen-bond acceptors (Lipinski definition) is 4. The Bertz CT molecular complexity index is 3940. The number of thiophene rings is 1. The van der Waals surface area contributed by atoms with Crippen molar-refractivity contribution < 1.29 is 0 Å². The highest BCUT2D eigenvalue weighted by atomic mass is 32.1. The zero-order valence-electron chi connectivity index (χ0n) is 51.6. The first-order valence-electron chi connectivity index (χ1n) is 30.2. The second kappa shape index (κ2) is 18.0. The van der Waals surface area contributed by atoms with Crippen LogP contribution in [-0.2, 0) is 32.5 Å². The van der Waals surface area contributed by atoms with Gasteiger partial charge in [-0.05, 0) is 169 Å². The monoisotopic (exact) mass is 1080 g/mol. The van der Waals surface area contributed by atoms with Gasteiger partial charge in [0.15, 0.2) is 0 Å².